The highest BCUT2D eigenvalue weighted by molar-refractivity contribution is 7.17. The molecule has 2 aromatic heterocycles. The minimum atomic E-state index is -0.917. The number of aryl methyl sites for hydroxylation is 1. The van der Waals surface area contributed by atoms with Crippen LogP contribution in [0.2, 0.25) is 0 Å². The van der Waals surface area contributed by atoms with E-state index in [0.29, 0.717) is 10.6 Å². The van der Waals surface area contributed by atoms with Crippen LogP contribution < -0.4 is 5.32 Å². The molecule has 2 heterocycles. The van der Waals surface area contributed by atoms with Crippen molar-refractivity contribution in [2.45, 2.75) is 20.0 Å². The van der Waals surface area contributed by atoms with E-state index >= 15 is 0 Å². The lowest BCUT2D eigenvalue weighted by Gasteiger charge is -2.15. The molecule has 0 aliphatic heterocycles. The summed E-state index contributed by atoms with van der Waals surface area (Å²) >= 11 is 2.58. The molecule has 0 spiro atoms. The average Bonchev–Trinajstić information content (AvgIpc) is 3.52. The van der Waals surface area contributed by atoms with E-state index < -0.39 is 12.1 Å². The van der Waals surface area contributed by atoms with Gasteiger partial charge in [0.25, 0.3) is 0 Å². The summed E-state index contributed by atoms with van der Waals surface area (Å²) in [5, 5.41) is 14.2. The summed E-state index contributed by atoms with van der Waals surface area (Å²) in [6.45, 7) is 3.70. The number of nitrogens with zero attached hydrogens (tertiary/aromatic N) is 1. The van der Waals surface area contributed by atoms with E-state index in [1.54, 1.807) is 6.07 Å². The molecular formula is C28H22N2O4S2. The summed E-state index contributed by atoms with van der Waals surface area (Å²) in [6, 6.07) is 25.2. The van der Waals surface area contributed by atoms with Crippen molar-refractivity contribution >= 4 is 51.4 Å². The van der Waals surface area contributed by atoms with Crippen molar-refractivity contribution in [1.82, 2.24) is 4.37 Å². The Kier molecular flexibility index (Phi) is 6.54. The molecule has 0 bridgehead atoms. The number of hydrogen-bond donors (Lipinski definition) is 2. The lowest BCUT2D eigenvalue weighted by molar-refractivity contribution is 0.0702. The molecule has 0 aliphatic carbocycles. The number of carboxylic acid groups (broad SMARTS) is 1. The molecule has 0 saturated heterocycles. The Morgan fingerprint density at radius 3 is 2.33 bits per heavy atom. The number of ether oxygens (including phenoxy) is 1. The normalized spacial score (nSPS) is 11.8. The molecule has 0 radical (unpaired) electrons. The Balaban J connectivity index is 1.38. The monoisotopic (exact) mass is 514 g/mol. The van der Waals surface area contributed by atoms with E-state index in [-0.39, 0.29) is 6.10 Å². The zero-order chi connectivity index (χ0) is 25.2. The number of carbonyl (C=O) groups is 2. The number of thiophene rings is 1. The maximum absolute atomic E-state index is 12.7. The summed E-state index contributed by atoms with van der Waals surface area (Å²) in [4.78, 5) is 26.0. The third kappa shape index (κ3) is 4.86. The van der Waals surface area contributed by atoms with Crippen LogP contribution in [0.1, 0.15) is 34.0 Å². The van der Waals surface area contributed by atoms with Gasteiger partial charge in [0.2, 0.25) is 0 Å². The van der Waals surface area contributed by atoms with Crippen LogP contribution in [0, 0.1) is 6.92 Å². The van der Waals surface area contributed by atoms with Gasteiger partial charge in [-0.2, -0.15) is 4.37 Å². The Bertz CT molecular complexity index is 1570. The lowest BCUT2D eigenvalue weighted by Crippen LogP contribution is -2.16. The highest BCUT2D eigenvalue weighted by Crippen LogP contribution is 2.37. The van der Waals surface area contributed by atoms with Crippen LogP contribution in [0.15, 0.2) is 78.9 Å². The number of amides is 1. The number of nitrogens with one attached hydrogen (secondary N) is 1. The molecule has 1 amide bonds. The van der Waals surface area contributed by atoms with Crippen LogP contribution >= 0.6 is 22.9 Å². The van der Waals surface area contributed by atoms with E-state index in [2.05, 4.69) is 21.8 Å². The van der Waals surface area contributed by atoms with Crippen LogP contribution in [0.5, 0.6) is 0 Å². The fourth-order valence-corrected chi connectivity index (χ4v) is 5.63. The standard InChI is InChI=1S/C28H22N2O4S2/c1-16-25(29-28(33)34-17(2)18-6-4-3-5-7-18)26(36-30-16)22-11-9-19-14-21(10-8-20(19)15-22)23-12-13-24(35-23)27(31)32/h3-15,17H,1-2H3,(H,29,33)(H,31,32). The van der Waals surface area contributed by atoms with Crippen LogP contribution in [-0.2, 0) is 4.74 Å². The predicted octanol–water partition coefficient (Wildman–Crippen LogP) is 8.01. The van der Waals surface area contributed by atoms with Crippen molar-refractivity contribution < 1.29 is 19.4 Å². The van der Waals surface area contributed by atoms with Gasteiger partial charge in [-0.15, -0.1) is 11.3 Å². The van der Waals surface area contributed by atoms with Gasteiger partial charge in [0.15, 0.2) is 0 Å². The summed E-state index contributed by atoms with van der Waals surface area (Å²) in [5.74, 6) is -0.917. The van der Waals surface area contributed by atoms with Gasteiger partial charge in [0.1, 0.15) is 11.0 Å². The van der Waals surface area contributed by atoms with Crippen molar-refractivity contribution in [2.75, 3.05) is 5.32 Å². The molecule has 2 N–H and O–H groups in total. The first kappa shape index (κ1) is 23.7. The number of hydrogen-bond acceptors (Lipinski definition) is 6. The molecule has 0 saturated carbocycles. The van der Waals surface area contributed by atoms with Gasteiger partial charge < -0.3 is 9.84 Å². The number of aromatic carboxylic acids is 1. The molecule has 180 valence electrons. The average molecular weight is 515 g/mol. The van der Waals surface area contributed by atoms with Gasteiger partial charge in [-0.25, -0.2) is 9.59 Å². The summed E-state index contributed by atoms with van der Waals surface area (Å²) in [6.07, 6.45) is -0.913. The SMILES string of the molecule is Cc1nsc(-c2ccc3cc(-c4ccc(C(=O)O)s4)ccc3c2)c1NC(=O)OC(C)c1ccccc1. The summed E-state index contributed by atoms with van der Waals surface area (Å²) in [7, 11) is 0. The number of aromatic nitrogens is 1. The van der Waals surface area contributed by atoms with E-state index in [0.717, 1.165) is 42.9 Å². The van der Waals surface area contributed by atoms with Crippen molar-refractivity contribution in [3.8, 4) is 20.9 Å². The molecule has 8 heteroatoms. The summed E-state index contributed by atoms with van der Waals surface area (Å²) < 4.78 is 10.0. The van der Waals surface area contributed by atoms with E-state index in [1.165, 1.54) is 22.9 Å². The van der Waals surface area contributed by atoms with Crippen molar-refractivity contribution in [3.63, 3.8) is 0 Å². The second kappa shape index (κ2) is 9.93. The Hall–Kier alpha value is -4.01. The smallest absolute Gasteiger partial charge is 0.412 e. The van der Waals surface area contributed by atoms with Crippen LogP contribution in [0.25, 0.3) is 31.7 Å². The van der Waals surface area contributed by atoms with Gasteiger partial charge in [-0.05, 0) is 77.1 Å². The highest BCUT2D eigenvalue weighted by Gasteiger charge is 2.18. The highest BCUT2D eigenvalue weighted by atomic mass is 32.1. The predicted molar refractivity (Wildman–Crippen MR) is 145 cm³/mol. The largest absolute Gasteiger partial charge is 0.477 e. The quantitative estimate of drug-likeness (QED) is 0.240. The zero-order valence-electron chi connectivity index (χ0n) is 19.5. The molecule has 3 aromatic carbocycles. The number of rotatable bonds is 6. The van der Waals surface area contributed by atoms with Crippen LogP contribution in [0.4, 0.5) is 10.5 Å². The minimum absolute atomic E-state index is 0.317. The van der Waals surface area contributed by atoms with Crippen molar-refractivity contribution in [3.05, 3.63) is 95.0 Å². The Labute approximate surface area is 216 Å². The van der Waals surface area contributed by atoms with Gasteiger partial charge >= 0.3 is 12.1 Å². The first-order chi connectivity index (χ1) is 17.4. The molecule has 1 unspecified atom stereocenters. The minimum Gasteiger partial charge on any atom is -0.477 e. The second-order valence-electron chi connectivity index (χ2n) is 8.30. The third-order valence-corrected chi connectivity index (χ3v) is 7.96. The van der Waals surface area contributed by atoms with E-state index in [1.807, 2.05) is 74.5 Å². The molecule has 36 heavy (non-hydrogen) atoms. The van der Waals surface area contributed by atoms with Gasteiger partial charge in [0, 0.05) is 4.88 Å². The number of carboxylic acids is 1. The maximum atomic E-state index is 12.7. The maximum Gasteiger partial charge on any atom is 0.412 e. The Morgan fingerprint density at radius 2 is 1.64 bits per heavy atom. The zero-order valence-corrected chi connectivity index (χ0v) is 21.2. The van der Waals surface area contributed by atoms with Crippen molar-refractivity contribution in [2.24, 2.45) is 0 Å². The molecule has 5 aromatic rings. The lowest BCUT2D eigenvalue weighted by atomic mass is 10.0. The fraction of sp³-hybridized carbons (Fsp3) is 0.107. The molecule has 0 aliphatic rings. The van der Waals surface area contributed by atoms with Gasteiger partial charge in [-0.3, -0.25) is 5.32 Å². The Morgan fingerprint density at radius 1 is 0.944 bits per heavy atom. The number of anilines is 1. The molecular weight excluding hydrogens is 492 g/mol. The van der Waals surface area contributed by atoms with Gasteiger partial charge in [-0.1, -0.05) is 54.6 Å². The van der Waals surface area contributed by atoms with Gasteiger partial charge in [0.05, 0.1) is 16.3 Å². The van der Waals surface area contributed by atoms with Crippen LogP contribution in [0.3, 0.4) is 0 Å². The third-order valence-electron chi connectivity index (χ3n) is 5.85. The van der Waals surface area contributed by atoms with Crippen LogP contribution in [-0.4, -0.2) is 21.5 Å². The number of fused-ring (bicyclic) bond motifs is 1. The topological polar surface area (TPSA) is 88.5 Å². The summed E-state index contributed by atoms with van der Waals surface area (Å²) in [5.41, 5.74) is 4.20. The number of benzene rings is 3. The van der Waals surface area contributed by atoms with E-state index in [9.17, 15) is 14.7 Å². The first-order valence-corrected chi connectivity index (χ1v) is 12.8. The molecule has 5 rings (SSSR count). The number of carbonyl (C=O) groups excluding carboxylic acids is 1. The molecule has 0 fully saturated rings. The molecule has 6 nitrogen and oxygen atoms in total. The second-order valence-corrected chi connectivity index (χ2v) is 10.2. The first-order valence-electron chi connectivity index (χ1n) is 11.3. The molecule has 1 atom stereocenters. The van der Waals surface area contributed by atoms with Crippen molar-refractivity contribution in [1.29, 1.82) is 0 Å². The van der Waals surface area contributed by atoms with E-state index in [4.69, 9.17) is 4.74 Å². The fourth-order valence-electron chi connectivity index (χ4n) is 3.95.